The fourth-order valence-electron chi connectivity index (χ4n) is 4.30. The zero-order valence-electron chi connectivity index (χ0n) is 11.4. The molecular weight excluding hydrogens is 242 g/mol. The largest absolute Gasteiger partial charge is 0.381 e. The summed E-state index contributed by atoms with van der Waals surface area (Å²) >= 11 is 4.66. The van der Waals surface area contributed by atoms with Crippen molar-refractivity contribution in [1.29, 1.82) is 0 Å². The van der Waals surface area contributed by atoms with Gasteiger partial charge in [0.2, 0.25) is 0 Å². The summed E-state index contributed by atoms with van der Waals surface area (Å²) in [6.45, 7) is 4.51. The van der Waals surface area contributed by atoms with Crippen molar-refractivity contribution >= 4 is 12.6 Å². The minimum Gasteiger partial charge on any atom is -0.381 e. The van der Waals surface area contributed by atoms with Crippen molar-refractivity contribution in [2.45, 2.75) is 51.0 Å². The number of likely N-dealkylation sites (tertiary alicyclic amines) is 1. The zero-order valence-corrected chi connectivity index (χ0v) is 12.3. The Hall–Kier alpha value is 0.270. The lowest BCUT2D eigenvalue weighted by molar-refractivity contribution is 0.00204. The van der Waals surface area contributed by atoms with Crippen LogP contribution in [0.25, 0.3) is 0 Å². The van der Waals surface area contributed by atoms with Crippen LogP contribution in [0.1, 0.15) is 44.9 Å². The Morgan fingerprint density at radius 2 is 1.89 bits per heavy atom. The van der Waals surface area contributed by atoms with E-state index in [4.69, 9.17) is 4.74 Å². The Balaban J connectivity index is 1.64. The summed E-state index contributed by atoms with van der Waals surface area (Å²) in [6.07, 6.45) is 9.73. The van der Waals surface area contributed by atoms with Crippen molar-refractivity contribution in [3.05, 3.63) is 0 Å². The maximum absolute atomic E-state index is 5.55. The highest BCUT2D eigenvalue weighted by molar-refractivity contribution is 7.80. The third-order valence-corrected chi connectivity index (χ3v) is 6.22. The Morgan fingerprint density at radius 1 is 1.11 bits per heavy atom. The van der Waals surface area contributed by atoms with Gasteiger partial charge in [-0.3, -0.25) is 4.90 Å². The van der Waals surface area contributed by atoms with E-state index < -0.39 is 0 Å². The molecule has 104 valence electrons. The van der Waals surface area contributed by atoms with Crippen LogP contribution in [0.5, 0.6) is 0 Å². The SMILES string of the molecule is SCC1(CN2CCC3CCCCC32)CCOCC1. The van der Waals surface area contributed by atoms with Crippen LogP contribution in [-0.2, 0) is 4.74 Å². The Labute approximate surface area is 117 Å². The van der Waals surface area contributed by atoms with Crippen molar-refractivity contribution in [2.75, 3.05) is 32.1 Å². The number of hydrogen-bond donors (Lipinski definition) is 1. The minimum absolute atomic E-state index is 0.438. The molecule has 0 aromatic heterocycles. The van der Waals surface area contributed by atoms with Crippen LogP contribution >= 0.6 is 12.6 Å². The molecule has 2 saturated heterocycles. The molecule has 3 aliphatic rings. The van der Waals surface area contributed by atoms with Crippen LogP contribution in [0.4, 0.5) is 0 Å². The first-order chi connectivity index (χ1) is 8.83. The first-order valence-corrected chi connectivity index (χ1v) is 8.39. The number of nitrogens with zero attached hydrogens (tertiary/aromatic N) is 1. The number of fused-ring (bicyclic) bond motifs is 1. The highest BCUT2D eigenvalue weighted by Crippen LogP contribution is 2.40. The quantitative estimate of drug-likeness (QED) is 0.791. The molecule has 1 saturated carbocycles. The first-order valence-electron chi connectivity index (χ1n) is 7.76. The van der Waals surface area contributed by atoms with Crippen molar-refractivity contribution in [3.8, 4) is 0 Å². The molecule has 0 aromatic carbocycles. The average Bonchev–Trinajstić information content (AvgIpc) is 2.83. The van der Waals surface area contributed by atoms with Crippen LogP contribution in [0.2, 0.25) is 0 Å². The summed E-state index contributed by atoms with van der Waals surface area (Å²) in [5, 5.41) is 0. The number of ether oxygens (including phenoxy) is 1. The van der Waals surface area contributed by atoms with Gasteiger partial charge in [-0.25, -0.2) is 0 Å². The molecular formula is C15H27NOS. The van der Waals surface area contributed by atoms with E-state index >= 15 is 0 Å². The third-order valence-electron chi connectivity index (χ3n) is 5.55. The molecule has 3 rings (SSSR count). The molecule has 3 heteroatoms. The summed E-state index contributed by atoms with van der Waals surface area (Å²) in [5.41, 5.74) is 0.438. The van der Waals surface area contributed by atoms with Crippen LogP contribution in [0, 0.1) is 11.3 Å². The molecule has 0 bridgehead atoms. The molecule has 0 aromatic rings. The lowest BCUT2D eigenvalue weighted by Crippen LogP contribution is -2.46. The molecule has 18 heavy (non-hydrogen) atoms. The van der Waals surface area contributed by atoms with Crippen molar-refractivity contribution in [2.24, 2.45) is 11.3 Å². The van der Waals surface area contributed by atoms with Gasteiger partial charge in [-0.05, 0) is 55.7 Å². The minimum atomic E-state index is 0.438. The molecule has 2 unspecified atom stereocenters. The van der Waals surface area contributed by atoms with Gasteiger partial charge >= 0.3 is 0 Å². The average molecular weight is 269 g/mol. The van der Waals surface area contributed by atoms with Crippen LogP contribution < -0.4 is 0 Å². The van der Waals surface area contributed by atoms with E-state index in [-0.39, 0.29) is 0 Å². The highest BCUT2D eigenvalue weighted by Gasteiger charge is 2.40. The molecule has 0 radical (unpaired) electrons. The Kier molecular flexibility index (Phi) is 4.21. The number of hydrogen-bond acceptors (Lipinski definition) is 3. The normalized spacial score (nSPS) is 36.5. The second-order valence-electron chi connectivity index (χ2n) is 6.64. The predicted octanol–water partition coefficient (Wildman–Crippen LogP) is 2.98. The maximum Gasteiger partial charge on any atom is 0.0472 e. The van der Waals surface area contributed by atoms with E-state index in [9.17, 15) is 0 Å². The van der Waals surface area contributed by atoms with E-state index in [1.54, 1.807) is 0 Å². The molecule has 2 atom stereocenters. The summed E-state index contributed by atoms with van der Waals surface area (Å²) < 4.78 is 5.55. The molecule has 0 N–H and O–H groups in total. The van der Waals surface area contributed by atoms with Crippen molar-refractivity contribution < 1.29 is 4.74 Å². The molecule has 0 spiro atoms. The zero-order chi connectivity index (χ0) is 12.4. The van der Waals surface area contributed by atoms with E-state index in [0.29, 0.717) is 5.41 Å². The van der Waals surface area contributed by atoms with Crippen LogP contribution in [0.3, 0.4) is 0 Å². The fourth-order valence-corrected chi connectivity index (χ4v) is 4.72. The Bertz CT molecular complexity index is 278. The maximum atomic E-state index is 5.55. The molecule has 2 aliphatic heterocycles. The summed E-state index contributed by atoms with van der Waals surface area (Å²) in [6, 6.07) is 0.901. The van der Waals surface area contributed by atoms with Gasteiger partial charge < -0.3 is 4.74 Å². The monoisotopic (exact) mass is 269 g/mol. The van der Waals surface area contributed by atoms with Gasteiger partial charge in [-0.1, -0.05) is 12.8 Å². The molecule has 2 heterocycles. The van der Waals surface area contributed by atoms with Crippen molar-refractivity contribution in [1.82, 2.24) is 4.90 Å². The summed E-state index contributed by atoms with van der Waals surface area (Å²) in [5.74, 6) is 2.04. The predicted molar refractivity (Wildman–Crippen MR) is 78.3 cm³/mol. The molecule has 3 fully saturated rings. The lowest BCUT2D eigenvalue weighted by atomic mass is 9.80. The Morgan fingerprint density at radius 3 is 2.67 bits per heavy atom. The number of thiol groups is 1. The topological polar surface area (TPSA) is 12.5 Å². The lowest BCUT2D eigenvalue weighted by Gasteiger charge is -2.42. The first kappa shape index (κ1) is 13.3. The standard InChI is InChI=1S/C15H27NOS/c18-12-15(6-9-17-10-7-15)11-16-8-5-13-3-1-2-4-14(13)16/h13-14,18H,1-12H2. The molecule has 2 nitrogen and oxygen atoms in total. The van der Waals surface area contributed by atoms with Gasteiger partial charge in [-0.15, -0.1) is 0 Å². The van der Waals surface area contributed by atoms with Gasteiger partial charge in [0.05, 0.1) is 0 Å². The van der Waals surface area contributed by atoms with Gasteiger partial charge in [0.25, 0.3) is 0 Å². The molecule has 1 aliphatic carbocycles. The van der Waals surface area contributed by atoms with E-state index in [1.807, 2.05) is 0 Å². The summed E-state index contributed by atoms with van der Waals surface area (Å²) in [4.78, 5) is 2.81. The van der Waals surface area contributed by atoms with E-state index in [1.165, 1.54) is 58.0 Å². The van der Waals surface area contributed by atoms with Crippen LogP contribution in [0.15, 0.2) is 0 Å². The van der Waals surface area contributed by atoms with Gasteiger partial charge in [-0.2, -0.15) is 12.6 Å². The number of rotatable bonds is 3. The van der Waals surface area contributed by atoms with Gasteiger partial charge in [0, 0.05) is 25.8 Å². The fraction of sp³-hybridized carbons (Fsp3) is 1.00. The van der Waals surface area contributed by atoms with Crippen molar-refractivity contribution in [3.63, 3.8) is 0 Å². The highest BCUT2D eigenvalue weighted by atomic mass is 32.1. The second-order valence-corrected chi connectivity index (χ2v) is 6.96. The molecule has 0 amide bonds. The van der Waals surface area contributed by atoms with Gasteiger partial charge in [0.1, 0.15) is 0 Å². The third kappa shape index (κ3) is 2.59. The second kappa shape index (κ2) is 5.72. The van der Waals surface area contributed by atoms with E-state index in [0.717, 1.165) is 30.9 Å². The van der Waals surface area contributed by atoms with Crippen LogP contribution in [-0.4, -0.2) is 43.0 Å². The van der Waals surface area contributed by atoms with Gasteiger partial charge in [0.15, 0.2) is 0 Å². The summed E-state index contributed by atoms with van der Waals surface area (Å²) in [7, 11) is 0. The van der Waals surface area contributed by atoms with E-state index in [2.05, 4.69) is 17.5 Å². The smallest absolute Gasteiger partial charge is 0.0472 e.